The SMILES string of the molecule is Cc1ccc(CC2(C(N)=O)CCCN2S(=N)(=O)c2ccc(C)cc2)cc1. The lowest BCUT2D eigenvalue weighted by molar-refractivity contribution is -0.126. The molecule has 1 aliphatic rings. The van der Waals surface area contributed by atoms with Crippen molar-refractivity contribution in [1.82, 2.24) is 4.31 Å². The third kappa shape index (κ3) is 3.27. The summed E-state index contributed by atoms with van der Waals surface area (Å²) in [6, 6.07) is 15.0. The Hall–Kier alpha value is -2.18. The fourth-order valence-corrected chi connectivity index (χ4v) is 5.52. The number of carbonyl (C=O) groups is 1. The van der Waals surface area contributed by atoms with Crippen molar-refractivity contribution in [2.45, 2.75) is 43.5 Å². The highest BCUT2D eigenvalue weighted by Gasteiger charge is 2.50. The molecular weight excluding hydrogens is 346 g/mol. The molecule has 2 aromatic carbocycles. The van der Waals surface area contributed by atoms with Crippen molar-refractivity contribution in [3.8, 4) is 0 Å². The van der Waals surface area contributed by atoms with Gasteiger partial charge in [-0.1, -0.05) is 47.5 Å². The maximum Gasteiger partial charge on any atom is 0.239 e. The monoisotopic (exact) mass is 371 g/mol. The van der Waals surface area contributed by atoms with E-state index in [9.17, 15) is 9.00 Å². The van der Waals surface area contributed by atoms with Crippen LogP contribution in [-0.2, 0) is 21.1 Å². The van der Waals surface area contributed by atoms with E-state index in [1.54, 1.807) is 12.1 Å². The molecule has 1 saturated heterocycles. The Labute approximate surface area is 155 Å². The summed E-state index contributed by atoms with van der Waals surface area (Å²) >= 11 is 0. The molecular formula is C20H25N3O2S. The zero-order valence-electron chi connectivity index (χ0n) is 15.2. The van der Waals surface area contributed by atoms with Crippen LogP contribution in [-0.4, -0.2) is 26.5 Å². The first kappa shape index (κ1) is 18.6. The summed E-state index contributed by atoms with van der Waals surface area (Å²) in [5.74, 6) is -0.511. The van der Waals surface area contributed by atoms with E-state index in [2.05, 4.69) is 0 Å². The first-order valence-corrected chi connectivity index (χ1v) is 10.3. The predicted molar refractivity (Wildman–Crippen MR) is 103 cm³/mol. The summed E-state index contributed by atoms with van der Waals surface area (Å²) in [4.78, 5) is 12.9. The van der Waals surface area contributed by atoms with E-state index in [-0.39, 0.29) is 0 Å². The number of benzene rings is 2. The molecule has 0 saturated carbocycles. The fourth-order valence-electron chi connectivity index (χ4n) is 3.63. The Morgan fingerprint density at radius 1 is 1.12 bits per heavy atom. The van der Waals surface area contributed by atoms with Crippen LogP contribution in [0, 0.1) is 18.6 Å². The van der Waals surface area contributed by atoms with Gasteiger partial charge in [0.05, 0.1) is 4.90 Å². The van der Waals surface area contributed by atoms with E-state index in [0.29, 0.717) is 30.7 Å². The number of nitrogens with zero attached hydrogens (tertiary/aromatic N) is 1. The molecule has 0 spiro atoms. The molecule has 3 rings (SSSR count). The van der Waals surface area contributed by atoms with Crippen molar-refractivity contribution < 1.29 is 9.00 Å². The summed E-state index contributed by atoms with van der Waals surface area (Å²) in [7, 11) is -3.30. The van der Waals surface area contributed by atoms with Crippen LogP contribution < -0.4 is 5.73 Å². The lowest BCUT2D eigenvalue weighted by atomic mass is 9.88. The smallest absolute Gasteiger partial charge is 0.239 e. The van der Waals surface area contributed by atoms with Crippen LogP contribution in [0.4, 0.5) is 0 Å². The summed E-state index contributed by atoms with van der Waals surface area (Å²) in [5, 5.41) is 0. The second kappa shape index (κ2) is 6.85. The Balaban J connectivity index is 2.02. The maximum atomic E-state index is 13.5. The van der Waals surface area contributed by atoms with Crippen molar-refractivity contribution in [3.05, 3.63) is 65.2 Å². The average Bonchev–Trinajstić information content (AvgIpc) is 3.03. The van der Waals surface area contributed by atoms with Gasteiger partial charge in [-0.25, -0.2) is 8.99 Å². The molecule has 1 fully saturated rings. The van der Waals surface area contributed by atoms with E-state index in [1.165, 1.54) is 4.31 Å². The number of aryl methyl sites for hydroxylation is 2. The number of hydrogen-bond acceptors (Lipinski definition) is 3. The van der Waals surface area contributed by atoms with Crippen LogP contribution in [0.3, 0.4) is 0 Å². The molecule has 0 aliphatic carbocycles. The van der Waals surface area contributed by atoms with Crippen LogP contribution in [0.5, 0.6) is 0 Å². The quantitative estimate of drug-likeness (QED) is 0.845. The van der Waals surface area contributed by atoms with Crippen LogP contribution in [0.2, 0.25) is 0 Å². The van der Waals surface area contributed by atoms with Crippen LogP contribution in [0.15, 0.2) is 53.4 Å². The Bertz CT molecular complexity index is 905. The molecule has 5 nitrogen and oxygen atoms in total. The second-order valence-corrected chi connectivity index (χ2v) is 9.07. The van der Waals surface area contributed by atoms with Crippen LogP contribution in [0.25, 0.3) is 0 Å². The first-order chi connectivity index (χ1) is 12.3. The third-order valence-corrected chi connectivity index (χ3v) is 7.22. The molecule has 138 valence electrons. The van der Waals surface area contributed by atoms with Crippen LogP contribution in [0.1, 0.15) is 29.5 Å². The lowest BCUT2D eigenvalue weighted by Crippen LogP contribution is -2.57. The summed E-state index contributed by atoms with van der Waals surface area (Å²) < 4.78 is 23.6. The highest BCUT2D eigenvalue weighted by Crippen LogP contribution is 2.37. The summed E-state index contributed by atoms with van der Waals surface area (Å²) in [6.07, 6.45) is 1.57. The zero-order valence-corrected chi connectivity index (χ0v) is 16.0. The number of nitrogens with one attached hydrogen (secondary N) is 1. The van der Waals surface area contributed by atoms with Gasteiger partial charge in [-0.3, -0.25) is 4.79 Å². The molecule has 2 atom stereocenters. The van der Waals surface area contributed by atoms with Gasteiger partial charge in [0.2, 0.25) is 5.91 Å². The second-order valence-electron chi connectivity index (χ2n) is 7.10. The number of rotatable bonds is 5. The lowest BCUT2D eigenvalue weighted by Gasteiger charge is -2.36. The number of hydrogen-bond donors (Lipinski definition) is 2. The molecule has 3 N–H and O–H groups in total. The standard InChI is InChI=1S/C20H25N3O2S/c1-15-4-8-17(9-5-15)14-20(19(21)24)12-3-13-23(20)26(22,25)18-10-6-16(2)7-11-18/h4-11,22H,3,12-14H2,1-2H3,(H2,21,24). The van der Waals surface area contributed by atoms with Crippen LogP contribution >= 0.6 is 0 Å². The highest BCUT2D eigenvalue weighted by molar-refractivity contribution is 7.90. The van der Waals surface area contributed by atoms with Gasteiger partial charge in [0.15, 0.2) is 0 Å². The van der Waals surface area contributed by atoms with E-state index in [4.69, 9.17) is 10.5 Å². The highest BCUT2D eigenvalue weighted by atomic mass is 32.2. The topological polar surface area (TPSA) is 87.2 Å². The Kier molecular flexibility index (Phi) is 4.90. The van der Waals surface area contributed by atoms with Crippen molar-refractivity contribution in [1.29, 1.82) is 4.78 Å². The van der Waals surface area contributed by atoms with Gasteiger partial charge in [0.1, 0.15) is 15.5 Å². The molecule has 1 amide bonds. The molecule has 0 radical (unpaired) electrons. The fraction of sp³-hybridized carbons (Fsp3) is 0.350. The van der Waals surface area contributed by atoms with Gasteiger partial charge in [0.25, 0.3) is 0 Å². The van der Waals surface area contributed by atoms with Crippen molar-refractivity contribution in [2.24, 2.45) is 5.73 Å². The summed E-state index contributed by atoms with van der Waals surface area (Å²) in [5.41, 5.74) is 7.84. The predicted octanol–water partition coefficient (Wildman–Crippen LogP) is 3.19. The number of carbonyl (C=O) groups excluding carboxylic acids is 1. The molecule has 26 heavy (non-hydrogen) atoms. The normalized spacial score (nSPS) is 22.8. The Morgan fingerprint density at radius 2 is 1.65 bits per heavy atom. The van der Waals surface area contributed by atoms with Gasteiger partial charge in [-0.2, -0.15) is 4.31 Å². The van der Waals surface area contributed by atoms with E-state index >= 15 is 0 Å². The molecule has 0 bridgehead atoms. The van der Waals surface area contributed by atoms with Gasteiger partial charge in [0, 0.05) is 13.0 Å². The molecule has 0 aromatic heterocycles. The third-order valence-electron chi connectivity index (χ3n) is 5.16. The average molecular weight is 372 g/mol. The minimum atomic E-state index is -3.30. The minimum absolute atomic E-state index is 0.365. The maximum absolute atomic E-state index is 13.5. The van der Waals surface area contributed by atoms with E-state index in [1.807, 2.05) is 50.2 Å². The largest absolute Gasteiger partial charge is 0.368 e. The van der Waals surface area contributed by atoms with E-state index < -0.39 is 21.4 Å². The van der Waals surface area contributed by atoms with Crippen molar-refractivity contribution >= 4 is 15.8 Å². The minimum Gasteiger partial charge on any atom is -0.368 e. The molecule has 1 aliphatic heterocycles. The van der Waals surface area contributed by atoms with Gasteiger partial charge >= 0.3 is 0 Å². The van der Waals surface area contributed by atoms with E-state index in [0.717, 1.165) is 16.7 Å². The molecule has 2 unspecified atom stereocenters. The van der Waals surface area contributed by atoms with Gasteiger partial charge < -0.3 is 5.73 Å². The van der Waals surface area contributed by atoms with Gasteiger partial charge in [-0.05, 0) is 44.4 Å². The molecule has 1 heterocycles. The number of amides is 1. The van der Waals surface area contributed by atoms with Crippen molar-refractivity contribution in [3.63, 3.8) is 0 Å². The number of nitrogens with two attached hydrogens (primary N) is 1. The van der Waals surface area contributed by atoms with Crippen molar-refractivity contribution in [2.75, 3.05) is 6.54 Å². The van der Waals surface area contributed by atoms with Gasteiger partial charge in [-0.15, -0.1) is 0 Å². The first-order valence-electron chi connectivity index (χ1n) is 8.74. The number of primary amides is 1. The Morgan fingerprint density at radius 3 is 2.19 bits per heavy atom. The molecule has 2 aromatic rings. The zero-order chi connectivity index (χ0) is 18.9. The molecule has 6 heteroatoms. The summed E-state index contributed by atoms with van der Waals surface area (Å²) in [6.45, 7) is 4.37.